The molecule has 3 rings (SSSR count). The molecule has 0 spiro atoms. The van der Waals surface area contributed by atoms with E-state index < -0.39 is 28.0 Å². The third kappa shape index (κ3) is 4.83. The molecular formula is C21H24N2O5S. The van der Waals surface area contributed by atoms with Crippen molar-refractivity contribution >= 4 is 27.6 Å². The van der Waals surface area contributed by atoms with Gasteiger partial charge in [-0.05, 0) is 62.6 Å². The first-order chi connectivity index (χ1) is 13.8. The average Bonchev–Trinajstić information content (AvgIpc) is 3.25. The molecule has 0 saturated carbocycles. The number of amides is 1. The predicted octanol–water partition coefficient (Wildman–Crippen LogP) is 2.96. The molecule has 0 bridgehead atoms. The first-order valence-corrected chi connectivity index (χ1v) is 10.9. The van der Waals surface area contributed by atoms with Crippen LogP contribution in [0.3, 0.4) is 0 Å². The maximum absolute atomic E-state index is 12.5. The summed E-state index contributed by atoms with van der Waals surface area (Å²) in [6, 6.07) is 12.9. The van der Waals surface area contributed by atoms with Crippen LogP contribution >= 0.6 is 0 Å². The van der Waals surface area contributed by atoms with E-state index in [1.807, 2.05) is 19.1 Å². The third-order valence-corrected chi connectivity index (χ3v) is 6.76. The Hall–Kier alpha value is -2.71. The first-order valence-electron chi connectivity index (χ1n) is 9.47. The van der Waals surface area contributed by atoms with Gasteiger partial charge in [-0.2, -0.15) is 4.31 Å². The van der Waals surface area contributed by atoms with E-state index in [-0.39, 0.29) is 10.5 Å². The number of nitrogens with zero attached hydrogens (tertiary/aromatic N) is 1. The molecule has 1 amide bonds. The molecule has 2 aromatic carbocycles. The van der Waals surface area contributed by atoms with Gasteiger partial charge in [-0.1, -0.05) is 18.2 Å². The molecule has 1 fully saturated rings. The van der Waals surface area contributed by atoms with Crippen LogP contribution in [0.5, 0.6) is 0 Å². The van der Waals surface area contributed by atoms with Gasteiger partial charge < -0.3 is 10.1 Å². The summed E-state index contributed by atoms with van der Waals surface area (Å²) in [7, 11) is -3.54. The Labute approximate surface area is 170 Å². The predicted molar refractivity (Wildman–Crippen MR) is 109 cm³/mol. The van der Waals surface area contributed by atoms with Crippen LogP contribution in [-0.2, 0) is 19.6 Å². The van der Waals surface area contributed by atoms with Crippen molar-refractivity contribution in [3.8, 4) is 0 Å². The van der Waals surface area contributed by atoms with Crippen LogP contribution in [0, 0.1) is 6.92 Å². The molecule has 7 nitrogen and oxygen atoms in total. The summed E-state index contributed by atoms with van der Waals surface area (Å²) in [5.41, 5.74) is 1.73. The van der Waals surface area contributed by atoms with Gasteiger partial charge in [0, 0.05) is 18.8 Å². The Balaban J connectivity index is 1.63. The number of rotatable bonds is 6. The second-order valence-electron chi connectivity index (χ2n) is 6.99. The van der Waals surface area contributed by atoms with Gasteiger partial charge in [0.05, 0.1) is 10.5 Å². The summed E-state index contributed by atoms with van der Waals surface area (Å²) in [5.74, 6) is -1.14. The topological polar surface area (TPSA) is 92.8 Å². The summed E-state index contributed by atoms with van der Waals surface area (Å²) in [4.78, 5) is 24.8. The molecule has 1 atom stereocenters. The molecule has 1 aliphatic rings. The van der Waals surface area contributed by atoms with Crippen molar-refractivity contribution in [1.29, 1.82) is 0 Å². The monoisotopic (exact) mass is 416 g/mol. The number of hydrogen-bond acceptors (Lipinski definition) is 5. The highest BCUT2D eigenvalue weighted by atomic mass is 32.2. The second-order valence-corrected chi connectivity index (χ2v) is 8.93. The first kappa shape index (κ1) is 21.0. The van der Waals surface area contributed by atoms with E-state index in [1.54, 1.807) is 12.1 Å². The molecule has 2 aromatic rings. The molecule has 1 heterocycles. The number of benzene rings is 2. The van der Waals surface area contributed by atoms with Crippen LogP contribution in [0.4, 0.5) is 5.69 Å². The molecule has 0 aromatic heterocycles. The van der Waals surface area contributed by atoms with Gasteiger partial charge in [-0.25, -0.2) is 13.2 Å². The minimum absolute atomic E-state index is 0.140. The van der Waals surface area contributed by atoms with E-state index in [0.29, 0.717) is 18.8 Å². The van der Waals surface area contributed by atoms with Crippen molar-refractivity contribution in [2.24, 2.45) is 0 Å². The largest absolute Gasteiger partial charge is 0.449 e. The molecule has 154 valence electrons. The van der Waals surface area contributed by atoms with Crippen molar-refractivity contribution in [2.45, 2.75) is 37.7 Å². The van der Waals surface area contributed by atoms with E-state index in [2.05, 4.69) is 5.32 Å². The number of sulfonamides is 1. The number of ether oxygens (including phenoxy) is 1. The molecule has 29 heavy (non-hydrogen) atoms. The molecule has 1 aliphatic heterocycles. The van der Waals surface area contributed by atoms with Gasteiger partial charge in [-0.3, -0.25) is 4.79 Å². The zero-order chi connectivity index (χ0) is 21.0. The number of carbonyl (C=O) groups excluding carboxylic acids is 2. The zero-order valence-corrected chi connectivity index (χ0v) is 17.2. The van der Waals surface area contributed by atoms with E-state index >= 15 is 0 Å². The van der Waals surface area contributed by atoms with Crippen LogP contribution in [0.25, 0.3) is 0 Å². The van der Waals surface area contributed by atoms with Crippen LogP contribution < -0.4 is 5.32 Å². The fraction of sp³-hybridized carbons (Fsp3) is 0.333. The summed E-state index contributed by atoms with van der Waals surface area (Å²) in [5, 5.41) is 2.73. The Bertz CT molecular complexity index is 996. The standard InChI is InChI=1S/C21H24N2O5S/c1-15-7-3-4-8-19(15)22-20(24)16(2)28-21(25)17-9-11-18(12-10-17)29(26,27)23-13-5-6-14-23/h3-4,7-12,16H,5-6,13-14H2,1-2H3,(H,22,24). The van der Waals surface area contributed by atoms with Crippen LogP contribution in [0.15, 0.2) is 53.4 Å². The van der Waals surface area contributed by atoms with Gasteiger partial charge in [0.25, 0.3) is 5.91 Å². The smallest absolute Gasteiger partial charge is 0.338 e. The minimum atomic E-state index is -3.54. The summed E-state index contributed by atoms with van der Waals surface area (Å²) in [6.07, 6.45) is 0.702. The SMILES string of the molecule is Cc1ccccc1NC(=O)C(C)OC(=O)c1ccc(S(=O)(=O)N2CCCC2)cc1. The summed E-state index contributed by atoms with van der Waals surface area (Å²) < 4.78 is 31.7. The molecule has 0 aliphatic carbocycles. The summed E-state index contributed by atoms with van der Waals surface area (Å²) in [6.45, 7) is 4.38. The van der Waals surface area contributed by atoms with Gasteiger partial charge in [-0.15, -0.1) is 0 Å². The lowest BCUT2D eigenvalue weighted by Crippen LogP contribution is -2.30. The number of carbonyl (C=O) groups is 2. The number of nitrogens with one attached hydrogen (secondary N) is 1. The van der Waals surface area contributed by atoms with Gasteiger partial charge in [0.15, 0.2) is 6.10 Å². The number of para-hydroxylation sites is 1. The lowest BCUT2D eigenvalue weighted by Gasteiger charge is -2.16. The van der Waals surface area contributed by atoms with Crippen LogP contribution in [-0.4, -0.2) is 43.8 Å². The van der Waals surface area contributed by atoms with Crippen LogP contribution in [0.2, 0.25) is 0 Å². The maximum Gasteiger partial charge on any atom is 0.338 e. The Morgan fingerprint density at radius 2 is 1.66 bits per heavy atom. The highest BCUT2D eigenvalue weighted by Gasteiger charge is 2.27. The fourth-order valence-corrected chi connectivity index (χ4v) is 4.59. The quantitative estimate of drug-likeness (QED) is 0.731. The third-order valence-electron chi connectivity index (χ3n) is 4.85. The zero-order valence-electron chi connectivity index (χ0n) is 16.4. The Kier molecular flexibility index (Phi) is 6.34. The molecular weight excluding hydrogens is 392 g/mol. The normalized spacial score (nSPS) is 15.7. The van der Waals surface area contributed by atoms with E-state index in [9.17, 15) is 18.0 Å². The van der Waals surface area contributed by atoms with Gasteiger partial charge in [0.2, 0.25) is 10.0 Å². The minimum Gasteiger partial charge on any atom is -0.449 e. The average molecular weight is 416 g/mol. The lowest BCUT2D eigenvalue weighted by molar-refractivity contribution is -0.123. The Morgan fingerprint density at radius 1 is 1.03 bits per heavy atom. The van der Waals surface area contributed by atoms with Crippen molar-refractivity contribution in [1.82, 2.24) is 4.31 Å². The summed E-state index contributed by atoms with van der Waals surface area (Å²) >= 11 is 0. The Morgan fingerprint density at radius 3 is 2.28 bits per heavy atom. The van der Waals surface area contributed by atoms with Crippen molar-refractivity contribution < 1.29 is 22.7 Å². The highest BCUT2D eigenvalue weighted by Crippen LogP contribution is 2.21. The molecule has 0 radical (unpaired) electrons. The van der Waals surface area contributed by atoms with Gasteiger partial charge >= 0.3 is 5.97 Å². The number of hydrogen-bond donors (Lipinski definition) is 1. The second kappa shape index (κ2) is 8.75. The molecule has 1 unspecified atom stereocenters. The molecule has 8 heteroatoms. The highest BCUT2D eigenvalue weighted by molar-refractivity contribution is 7.89. The van der Waals surface area contributed by atoms with Crippen molar-refractivity contribution in [2.75, 3.05) is 18.4 Å². The van der Waals surface area contributed by atoms with E-state index in [4.69, 9.17) is 4.74 Å². The van der Waals surface area contributed by atoms with Crippen molar-refractivity contribution in [3.05, 3.63) is 59.7 Å². The van der Waals surface area contributed by atoms with Gasteiger partial charge in [0.1, 0.15) is 0 Å². The van der Waals surface area contributed by atoms with E-state index in [1.165, 1.54) is 35.5 Å². The van der Waals surface area contributed by atoms with Crippen molar-refractivity contribution in [3.63, 3.8) is 0 Å². The number of aryl methyl sites for hydroxylation is 1. The molecule has 1 saturated heterocycles. The van der Waals surface area contributed by atoms with E-state index in [0.717, 1.165) is 18.4 Å². The maximum atomic E-state index is 12.5. The number of anilines is 1. The molecule has 1 N–H and O–H groups in total. The number of esters is 1. The lowest BCUT2D eigenvalue weighted by atomic mass is 10.2. The van der Waals surface area contributed by atoms with Crippen LogP contribution in [0.1, 0.15) is 35.7 Å². The fourth-order valence-electron chi connectivity index (χ4n) is 3.07.